The minimum absolute atomic E-state index is 0.0324. The lowest BCUT2D eigenvalue weighted by Crippen LogP contribution is -2.17. The number of benzene rings is 2. The number of carbonyl (C=O) groups is 2. The Morgan fingerprint density at radius 3 is 1.27 bits per heavy atom. The molecule has 0 saturated heterocycles. The highest BCUT2D eigenvalue weighted by Crippen LogP contribution is 2.38. The maximum Gasteiger partial charge on any atom is 0.130 e. The van der Waals surface area contributed by atoms with Crippen LogP contribution in [0, 0.1) is 0 Å². The number of hydrogen-bond donors (Lipinski definition) is 0. The van der Waals surface area contributed by atoms with Crippen molar-refractivity contribution in [3.63, 3.8) is 0 Å². The monoisotopic (exact) mass is 294 g/mol. The van der Waals surface area contributed by atoms with Gasteiger partial charge in [-0.2, -0.15) is 0 Å². The van der Waals surface area contributed by atoms with E-state index >= 15 is 0 Å². The number of rotatable bonds is 7. The van der Waals surface area contributed by atoms with Crippen LogP contribution in [0.2, 0.25) is 0 Å². The van der Waals surface area contributed by atoms with E-state index in [9.17, 15) is 9.59 Å². The fourth-order valence-corrected chi connectivity index (χ4v) is 3.00. The minimum atomic E-state index is 0.0324. The zero-order valence-electron chi connectivity index (χ0n) is 13.2. The van der Waals surface area contributed by atoms with Crippen LogP contribution in [-0.2, 0) is 9.59 Å². The van der Waals surface area contributed by atoms with Crippen molar-refractivity contribution in [2.75, 3.05) is 0 Å². The molecule has 0 radical (unpaired) electrons. The van der Waals surface area contributed by atoms with Crippen molar-refractivity contribution in [2.24, 2.45) is 0 Å². The topological polar surface area (TPSA) is 34.1 Å². The van der Waals surface area contributed by atoms with Gasteiger partial charge in [-0.3, -0.25) is 0 Å². The molecule has 0 spiro atoms. The predicted octanol–water partition coefficient (Wildman–Crippen LogP) is 4.51. The lowest BCUT2D eigenvalue weighted by Gasteiger charge is -2.27. The van der Waals surface area contributed by atoms with E-state index in [2.05, 4.69) is 0 Å². The molecule has 0 amide bonds. The van der Waals surface area contributed by atoms with E-state index in [0.29, 0.717) is 12.8 Å². The van der Waals surface area contributed by atoms with Gasteiger partial charge in [0.25, 0.3) is 0 Å². The van der Waals surface area contributed by atoms with Crippen LogP contribution in [0.1, 0.15) is 49.7 Å². The van der Waals surface area contributed by atoms with Gasteiger partial charge in [0.15, 0.2) is 0 Å². The second-order valence-corrected chi connectivity index (χ2v) is 5.85. The maximum absolute atomic E-state index is 11.8. The van der Waals surface area contributed by atoms with Gasteiger partial charge in [0.2, 0.25) is 0 Å². The first-order chi connectivity index (χ1) is 10.6. The van der Waals surface area contributed by atoms with Crippen LogP contribution in [0.3, 0.4) is 0 Å². The lowest BCUT2D eigenvalue weighted by atomic mass is 9.76. The Morgan fingerprint density at radius 2 is 1.00 bits per heavy atom. The SMILES string of the molecule is CC(=O)CC(c1ccccc1)C(CC(C)=O)c1ccccc1. The maximum atomic E-state index is 11.8. The summed E-state index contributed by atoms with van der Waals surface area (Å²) >= 11 is 0. The van der Waals surface area contributed by atoms with E-state index in [1.807, 2.05) is 60.7 Å². The molecule has 2 nitrogen and oxygen atoms in total. The molecule has 0 aliphatic carbocycles. The third kappa shape index (κ3) is 4.39. The highest BCUT2D eigenvalue weighted by molar-refractivity contribution is 5.78. The first kappa shape index (κ1) is 16.2. The zero-order valence-corrected chi connectivity index (χ0v) is 13.2. The molecule has 0 bridgehead atoms. The molecule has 0 saturated carbocycles. The highest BCUT2D eigenvalue weighted by Gasteiger charge is 2.27. The standard InChI is InChI=1S/C20H22O2/c1-15(21)13-19(17-9-5-3-6-10-17)20(14-16(2)22)18-11-7-4-8-12-18/h3-12,19-20H,13-14H2,1-2H3. The fraction of sp³-hybridized carbons (Fsp3) is 0.300. The molecule has 2 rings (SSSR count). The van der Waals surface area contributed by atoms with Crippen molar-refractivity contribution >= 4 is 11.6 Å². The average Bonchev–Trinajstić information content (AvgIpc) is 2.52. The normalized spacial score (nSPS) is 13.4. The predicted molar refractivity (Wildman–Crippen MR) is 89.0 cm³/mol. The molecule has 2 aromatic rings. The van der Waals surface area contributed by atoms with Crippen molar-refractivity contribution in [2.45, 2.75) is 38.5 Å². The molecule has 2 atom stereocenters. The van der Waals surface area contributed by atoms with Gasteiger partial charge in [-0.1, -0.05) is 60.7 Å². The fourth-order valence-electron chi connectivity index (χ4n) is 3.00. The summed E-state index contributed by atoms with van der Waals surface area (Å²) in [5, 5.41) is 0. The first-order valence-corrected chi connectivity index (χ1v) is 7.66. The van der Waals surface area contributed by atoms with Crippen LogP contribution in [0.4, 0.5) is 0 Å². The third-order valence-electron chi connectivity index (χ3n) is 3.96. The van der Waals surface area contributed by atoms with Crippen LogP contribution < -0.4 is 0 Å². The third-order valence-corrected chi connectivity index (χ3v) is 3.96. The van der Waals surface area contributed by atoms with Crippen LogP contribution in [0.25, 0.3) is 0 Å². The van der Waals surface area contributed by atoms with Gasteiger partial charge in [0.1, 0.15) is 11.6 Å². The quantitative estimate of drug-likeness (QED) is 0.752. The van der Waals surface area contributed by atoms with Gasteiger partial charge in [0.05, 0.1) is 0 Å². The summed E-state index contributed by atoms with van der Waals surface area (Å²) in [5.41, 5.74) is 2.24. The van der Waals surface area contributed by atoms with Crippen LogP contribution in [-0.4, -0.2) is 11.6 Å². The number of ketones is 2. The van der Waals surface area contributed by atoms with Crippen molar-refractivity contribution in [3.05, 3.63) is 71.8 Å². The van der Waals surface area contributed by atoms with Gasteiger partial charge in [-0.05, 0) is 36.8 Å². The Balaban J connectivity index is 2.43. The summed E-state index contributed by atoms with van der Waals surface area (Å²) in [4.78, 5) is 23.5. The molecule has 22 heavy (non-hydrogen) atoms. The first-order valence-electron chi connectivity index (χ1n) is 7.66. The van der Waals surface area contributed by atoms with E-state index in [0.717, 1.165) is 11.1 Å². The van der Waals surface area contributed by atoms with Gasteiger partial charge >= 0.3 is 0 Å². The van der Waals surface area contributed by atoms with E-state index in [4.69, 9.17) is 0 Å². The molecular weight excluding hydrogens is 272 g/mol. The van der Waals surface area contributed by atoms with Gasteiger partial charge < -0.3 is 9.59 Å². The van der Waals surface area contributed by atoms with E-state index in [1.54, 1.807) is 13.8 Å². The molecule has 2 heteroatoms. The molecule has 0 N–H and O–H groups in total. The Labute approximate surface area is 132 Å². The number of Topliss-reactive ketones (excluding diaryl/α,β-unsaturated/α-hetero) is 2. The molecule has 0 aliphatic heterocycles. The molecule has 2 aromatic carbocycles. The molecule has 2 unspecified atom stereocenters. The van der Waals surface area contributed by atoms with Gasteiger partial charge in [-0.25, -0.2) is 0 Å². The van der Waals surface area contributed by atoms with Gasteiger partial charge in [-0.15, -0.1) is 0 Å². The summed E-state index contributed by atoms with van der Waals surface area (Å²) in [6.07, 6.45) is 0.910. The van der Waals surface area contributed by atoms with Gasteiger partial charge in [0, 0.05) is 12.8 Å². The van der Waals surface area contributed by atoms with Crippen molar-refractivity contribution in [1.82, 2.24) is 0 Å². The van der Waals surface area contributed by atoms with Crippen LogP contribution in [0.5, 0.6) is 0 Å². The molecular formula is C20H22O2. The van der Waals surface area contributed by atoms with Crippen molar-refractivity contribution in [1.29, 1.82) is 0 Å². The number of hydrogen-bond acceptors (Lipinski definition) is 2. The average molecular weight is 294 g/mol. The molecule has 0 aromatic heterocycles. The summed E-state index contributed by atoms with van der Waals surface area (Å²) in [7, 11) is 0. The Hall–Kier alpha value is -2.22. The van der Waals surface area contributed by atoms with Crippen LogP contribution >= 0.6 is 0 Å². The minimum Gasteiger partial charge on any atom is -0.300 e. The lowest BCUT2D eigenvalue weighted by molar-refractivity contribution is -0.119. The second-order valence-electron chi connectivity index (χ2n) is 5.85. The summed E-state index contributed by atoms with van der Waals surface area (Å²) in [6, 6.07) is 20.1. The summed E-state index contributed by atoms with van der Waals surface area (Å²) in [6.45, 7) is 3.23. The zero-order chi connectivity index (χ0) is 15.9. The largest absolute Gasteiger partial charge is 0.300 e. The Kier molecular flexibility index (Phi) is 5.65. The highest BCUT2D eigenvalue weighted by atomic mass is 16.1. The number of carbonyl (C=O) groups excluding carboxylic acids is 2. The summed E-state index contributed by atoms with van der Waals surface area (Å²) < 4.78 is 0. The molecule has 0 aliphatic rings. The van der Waals surface area contributed by atoms with E-state index in [1.165, 1.54) is 0 Å². The smallest absolute Gasteiger partial charge is 0.130 e. The molecule has 114 valence electrons. The molecule has 0 fully saturated rings. The van der Waals surface area contributed by atoms with E-state index < -0.39 is 0 Å². The summed E-state index contributed by atoms with van der Waals surface area (Å²) in [5.74, 6) is 0.367. The van der Waals surface area contributed by atoms with Crippen molar-refractivity contribution < 1.29 is 9.59 Å². The Bertz CT molecular complexity index is 559. The van der Waals surface area contributed by atoms with Crippen LogP contribution in [0.15, 0.2) is 60.7 Å². The van der Waals surface area contributed by atoms with Crippen molar-refractivity contribution in [3.8, 4) is 0 Å². The Morgan fingerprint density at radius 1 is 0.682 bits per heavy atom. The van der Waals surface area contributed by atoms with E-state index in [-0.39, 0.29) is 23.4 Å². The second kappa shape index (κ2) is 7.69. The molecule has 0 heterocycles.